The summed E-state index contributed by atoms with van der Waals surface area (Å²) in [6.07, 6.45) is 4.67. The molecule has 3 aliphatic rings. The van der Waals surface area contributed by atoms with E-state index in [1.54, 1.807) is 12.1 Å². The van der Waals surface area contributed by atoms with Gasteiger partial charge in [0.2, 0.25) is 0 Å². The van der Waals surface area contributed by atoms with Crippen molar-refractivity contribution >= 4 is 11.9 Å². The lowest BCUT2D eigenvalue weighted by Gasteiger charge is -2.63. The second-order valence-electron chi connectivity index (χ2n) is 6.49. The monoisotopic (exact) mass is 302 g/mol. The van der Waals surface area contributed by atoms with Gasteiger partial charge in [0.15, 0.2) is 0 Å². The molecule has 4 rings (SSSR count). The first kappa shape index (κ1) is 13.7. The van der Waals surface area contributed by atoms with Crippen molar-refractivity contribution in [1.82, 2.24) is 10.3 Å². The predicted molar refractivity (Wildman–Crippen MR) is 76.6 cm³/mol. The Morgan fingerprint density at radius 3 is 2.77 bits per heavy atom. The highest BCUT2D eigenvalue weighted by Gasteiger charge is 2.66. The number of nitrogens with one attached hydrogen (secondary N) is 1. The summed E-state index contributed by atoms with van der Waals surface area (Å²) in [7, 11) is 0. The minimum absolute atomic E-state index is 0.110. The van der Waals surface area contributed by atoms with E-state index in [0.717, 1.165) is 25.9 Å². The molecular weight excluding hydrogens is 284 g/mol. The van der Waals surface area contributed by atoms with E-state index in [1.165, 1.54) is 12.5 Å². The Morgan fingerprint density at radius 2 is 2.09 bits per heavy atom. The molecule has 3 atom stereocenters. The Bertz CT molecular complexity index is 641. The van der Waals surface area contributed by atoms with Gasteiger partial charge in [0.05, 0.1) is 6.10 Å². The number of carbonyl (C=O) groups excluding carboxylic acids is 1. The van der Waals surface area contributed by atoms with Crippen molar-refractivity contribution in [3.05, 3.63) is 29.6 Å². The van der Waals surface area contributed by atoms with Crippen molar-refractivity contribution in [1.29, 1.82) is 0 Å². The molecule has 6 heteroatoms. The van der Waals surface area contributed by atoms with E-state index in [-0.39, 0.29) is 28.8 Å². The Kier molecular flexibility index (Phi) is 2.97. The van der Waals surface area contributed by atoms with Gasteiger partial charge in [0.25, 0.3) is 5.91 Å². The van der Waals surface area contributed by atoms with Crippen LogP contribution in [0.5, 0.6) is 0 Å². The zero-order valence-electron chi connectivity index (χ0n) is 12.1. The third-order valence-electron chi connectivity index (χ3n) is 5.52. The van der Waals surface area contributed by atoms with E-state index in [4.69, 9.17) is 9.84 Å². The van der Waals surface area contributed by atoms with Gasteiger partial charge < -0.3 is 15.2 Å². The minimum Gasteiger partial charge on any atom is -0.477 e. The Morgan fingerprint density at radius 1 is 1.32 bits per heavy atom. The van der Waals surface area contributed by atoms with Crippen LogP contribution in [0.1, 0.15) is 46.7 Å². The van der Waals surface area contributed by atoms with Crippen LogP contribution in [0.4, 0.5) is 0 Å². The van der Waals surface area contributed by atoms with Crippen LogP contribution in [0, 0.1) is 11.3 Å². The third-order valence-corrected chi connectivity index (χ3v) is 5.52. The molecule has 0 bridgehead atoms. The van der Waals surface area contributed by atoms with E-state index in [0.29, 0.717) is 12.0 Å². The second-order valence-corrected chi connectivity index (χ2v) is 6.49. The molecule has 1 saturated heterocycles. The summed E-state index contributed by atoms with van der Waals surface area (Å²) in [4.78, 5) is 27.3. The standard InChI is InChI=1S/C16H18N2O4/c19-14(10-3-1-4-11(17-10)15(20)21)18-12-9-5-8-22-13(9)16(12)6-2-7-16/h1,3-4,9,12-13H,2,5-8H2,(H,18,19)(H,20,21). The highest BCUT2D eigenvalue weighted by atomic mass is 16.5. The van der Waals surface area contributed by atoms with Crippen LogP contribution >= 0.6 is 0 Å². The van der Waals surface area contributed by atoms with Crippen molar-refractivity contribution in [2.45, 2.75) is 37.8 Å². The number of nitrogens with zero attached hydrogens (tertiary/aromatic N) is 1. The lowest BCUT2D eigenvalue weighted by atomic mass is 9.46. The number of aromatic nitrogens is 1. The van der Waals surface area contributed by atoms with Crippen LogP contribution < -0.4 is 5.32 Å². The van der Waals surface area contributed by atoms with E-state index < -0.39 is 5.97 Å². The number of carboxylic acid groups (broad SMARTS) is 1. The molecule has 1 aliphatic heterocycles. The van der Waals surface area contributed by atoms with Gasteiger partial charge in [-0.15, -0.1) is 0 Å². The van der Waals surface area contributed by atoms with E-state index in [1.807, 2.05) is 0 Å². The summed E-state index contributed by atoms with van der Waals surface area (Å²) >= 11 is 0. The average molecular weight is 302 g/mol. The number of hydrogen-bond donors (Lipinski definition) is 2. The van der Waals surface area contributed by atoms with Crippen molar-refractivity contribution in [3.8, 4) is 0 Å². The molecule has 116 valence electrons. The molecule has 0 radical (unpaired) electrons. The van der Waals surface area contributed by atoms with Crippen LogP contribution in [0.2, 0.25) is 0 Å². The number of hydrogen-bond acceptors (Lipinski definition) is 4. The molecule has 6 nitrogen and oxygen atoms in total. The maximum absolute atomic E-state index is 12.4. The van der Waals surface area contributed by atoms with Gasteiger partial charge in [-0.25, -0.2) is 9.78 Å². The third kappa shape index (κ3) is 1.80. The van der Waals surface area contributed by atoms with E-state index >= 15 is 0 Å². The summed E-state index contributed by atoms with van der Waals surface area (Å²) < 4.78 is 5.83. The normalized spacial score (nSPS) is 31.0. The summed E-state index contributed by atoms with van der Waals surface area (Å²) in [6, 6.07) is 4.62. The van der Waals surface area contributed by atoms with Gasteiger partial charge in [-0.3, -0.25) is 4.79 Å². The summed E-state index contributed by atoms with van der Waals surface area (Å²) in [5.74, 6) is -1.02. The quantitative estimate of drug-likeness (QED) is 0.882. The smallest absolute Gasteiger partial charge is 0.354 e. The number of carbonyl (C=O) groups is 2. The van der Waals surface area contributed by atoms with Gasteiger partial charge in [0, 0.05) is 24.0 Å². The van der Waals surface area contributed by atoms with Crippen molar-refractivity contribution in [2.75, 3.05) is 6.61 Å². The number of aromatic carboxylic acids is 1. The van der Waals surface area contributed by atoms with E-state index in [2.05, 4.69) is 10.3 Å². The molecule has 3 unspecified atom stereocenters. The maximum atomic E-state index is 12.4. The number of pyridine rings is 1. The zero-order chi connectivity index (χ0) is 15.3. The fourth-order valence-corrected chi connectivity index (χ4v) is 4.35. The molecule has 3 fully saturated rings. The van der Waals surface area contributed by atoms with Gasteiger partial charge in [-0.1, -0.05) is 12.5 Å². The van der Waals surface area contributed by atoms with Crippen molar-refractivity contribution in [2.24, 2.45) is 11.3 Å². The Balaban J connectivity index is 1.52. The lowest BCUT2D eigenvalue weighted by molar-refractivity contribution is -0.172. The van der Waals surface area contributed by atoms with Gasteiger partial charge >= 0.3 is 5.97 Å². The van der Waals surface area contributed by atoms with Crippen LogP contribution in [-0.2, 0) is 4.74 Å². The van der Waals surface area contributed by atoms with Gasteiger partial charge in [-0.2, -0.15) is 0 Å². The number of fused-ring (bicyclic) bond motifs is 2. The number of ether oxygens (including phenoxy) is 1. The van der Waals surface area contributed by atoms with Gasteiger partial charge in [0.1, 0.15) is 11.4 Å². The fourth-order valence-electron chi connectivity index (χ4n) is 4.35. The molecule has 2 aliphatic carbocycles. The topological polar surface area (TPSA) is 88.5 Å². The summed E-state index contributed by atoms with van der Waals surface area (Å²) in [6.45, 7) is 0.774. The molecule has 1 aromatic heterocycles. The van der Waals surface area contributed by atoms with Crippen LogP contribution in [0.15, 0.2) is 18.2 Å². The van der Waals surface area contributed by atoms with Crippen LogP contribution in [-0.4, -0.2) is 40.7 Å². The number of amides is 1. The fraction of sp³-hybridized carbons (Fsp3) is 0.562. The first-order chi connectivity index (χ1) is 10.6. The Labute approximate surface area is 127 Å². The molecular formula is C16H18N2O4. The zero-order valence-corrected chi connectivity index (χ0v) is 12.1. The van der Waals surface area contributed by atoms with Crippen molar-refractivity contribution < 1.29 is 19.4 Å². The second kappa shape index (κ2) is 4.78. The van der Waals surface area contributed by atoms with Crippen LogP contribution in [0.3, 0.4) is 0 Å². The van der Waals surface area contributed by atoms with E-state index in [9.17, 15) is 9.59 Å². The molecule has 1 amide bonds. The van der Waals surface area contributed by atoms with Crippen molar-refractivity contribution in [3.63, 3.8) is 0 Å². The van der Waals surface area contributed by atoms with Crippen LogP contribution in [0.25, 0.3) is 0 Å². The highest BCUT2D eigenvalue weighted by Crippen LogP contribution is 2.62. The SMILES string of the molecule is O=C(O)c1cccc(C(=O)NC2C3CCOC3C23CCC3)n1. The molecule has 0 aromatic carbocycles. The highest BCUT2D eigenvalue weighted by molar-refractivity contribution is 5.94. The van der Waals surface area contributed by atoms with Gasteiger partial charge in [-0.05, 0) is 31.4 Å². The summed E-state index contributed by atoms with van der Waals surface area (Å²) in [5, 5.41) is 12.1. The Hall–Kier alpha value is -1.95. The lowest BCUT2D eigenvalue weighted by Crippen LogP contribution is -2.71. The minimum atomic E-state index is -1.13. The average Bonchev–Trinajstić information content (AvgIpc) is 2.88. The molecule has 1 spiro atoms. The predicted octanol–water partition coefficient (Wildman–Crippen LogP) is 1.47. The summed E-state index contributed by atoms with van der Waals surface area (Å²) in [5.41, 5.74) is 0.166. The number of carboxylic acids is 1. The first-order valence-electron chi connectivity index (χ1n) is 7.75. The first-order valence-corrected chi connectivity index (χ1v) is 7.75. The number of rotatable bonds is 3. The largest absolute Gasteiger partial charge is 0.477 e. The molecule has 2 N–H and O–H groups in total. The maximum Gasteiger partial charge on any atom is 0.354 e. The molecule has 2 heterocycles. The molecule has 1 aromatic rings. The molecule has 2 saturated carbocycles. The molecule has 22 heavy (non-hydrogen) atoms.